The molecule has 0 N–H and O–H groups in total. The summed E-state index contributed by atoms with van der Waals surface area (Å²) in [5, 5.41) is 0. The molecule has 3 fully saturated rings. The van der Waals surface area contributed by atoms with Gasteiger partial charge in [0.15, 0.2) is 18.9 Å². The predicted molar refractivity (Wildman–Crippen MR) is 55.2 cm³/mol. The maximum atomic E-state index is 5.56. The van der Waals surface area contributed by atoms with Crippen molar-refractivity contribution >= 4 is 0 Å². The Morgan fingerprint density at radius 2 is 1.12 bits per heavy atom. The maximum absolute atomic E-state index is 5.56. The molecule has 3 atom stereocenters. The van der Waals surface area contributed by atoms with Gasteiger partial charge in [0, 0.05) is 5.41 Å². The maximum Gasteiger partial charge on any atom is 0.181 e. The summed E-state index contributed by atoms with van der Waals surface area (Å²) >= 11 is 0. The van der Waals surface area contributed by atoms with Gasteiger partial charge in [0.1, 0.15) is 19.8 Å². The van der Waals surface area contributed by atoms with E-state index in [9.17, 15) is 0 Å². The highest BCUT2D eigenvalue weighted by Gasteiger charge is 2.36. The molecule has 3 aliphatic rings. The highest BCUT2D eigenvalue weighted by Crippen LogP contribution is 2.26. The van der Waals surface area contributed by atoms with Crippen LogP contribution in [0.5, 0.6) is 0 Å². The van der Waals surface area contributed by atoms with Crippen LogP contribution in [-0.4, -0.2) is 58.5 Å². The van der Waals surface area contributed by atoms with Crippen LogP contribution in [-0.2, 0) is 28.4 Å². The van der Waals surface area contributed by atoms with Crippen molar-refractivity contribution in [1.82, 2.24) is 0 Å². The summed E-state index contributed by atoms with van der Waals surface area (Å²) in [5.74, 6) is 0. The molecule has 0 radical (unpaired) electrons. The van der Waals surface area contributed by atoms with Crippen LogP contribution in [0, 0.1) is 5.41 Å². The third-order valence-electron chi connectivity index (χ3n) is 2.76. The standard InChI is InChI=1S/C11H18O6/c1-11(5-15-8-2-12-8,6-16-9-3-13-9)7-17-10-4-14-10/h8-10H,2-7H2,1H3. The summed E-state index contributed by atoms with van der Waals surface area (Å²) in [7, 11) is 0. The number of hydrogen-bond acceptors (Lipinski definition) is 6. The van der Waals surface area contributed by atoms with Crippen LogP contribution in [0.25, 0.3) is 0 Å². The Bertz CT molecular complexity index is 218. The van der Waals surface area contributed by atoms with E-state index in [1.54, 1.807) is 0 Å². The summed E-state index contributed by atoms with van der Waals surface area (Å²) in [6.45, 7) is 5.80. The zero-order valence-electron chi connectivity index (χ0n) is 9.92. The van der Waals surface area contributed by atoms with E-state index in [4.69, 9.17) is 28.4 Å². The van der Waals surface area contributed by atoms with E-state index in [1.807, 2.05) is 0 Å². The molecule has 0 amide bonds. The molecule has 3 aliphatic heterocycles. The van der Waals surface area contributed by atoms with Crippen molar-refractivity contribution < 1.29 is 28.4 Å². The van der Waals surface area contributed by atoms with E-state index >= 15 is 0 Å². The van der Waals surface area contributed by atoms with Crippen molar-refractivity contribution in [2.45, 2.75) is 25.8 Å². The minimum absolute atomic E-state index is 0.0383. The Morgan fingerprint density at radius 3 is 1.35 bits per heavy atom. The van der Waals surface area contributed by atoms with Crippen molar-refractivity contribution in [1.29, 1.82) is 0 Å². The molecule has 3 saturated heterocycles. The molecule has 6 heteroatoms. The first-order valence-corrected chi connectivity index (χ1v) is 5.93. The average Bonchev–Trinajstić information content (AvgIpc) is 3.17. The molecule has 98 valence electrons. The first-order chi connectivity index (χ1) is 8.23. The van der Waals surface area contributed by atoms with E-state index < -0.39 is 0 Å². The van der Waals surface area contributed by atoms with E-state index in [0.29, 0.717) is 39.6 Å². The molecule has 0 spiro atoms. The quantitative estimate of drug-likeness (QED) is 0.538. The highest BCUT2D eigenvalue weighted by molar-refractivity contribution is 4.77. The van der Waals surface area contributed by atoms with Gasteiger partial charge in [-0.1, -0.05) is 6.92 Å². The second kappa shape index (κ2) is 4.79. The van der Waals surface area contributed by atoms with Crippen molar-refractivity contribution in [3.8, 4) is 0 Å². The lowest BCUT2D eigenvalue weighted by Gasteiger charge is -2.28. The van der Waals surface area contributed by atoms with Crippen molar-refractivity contribution in [3.63, 3.8) is 0 Å². The third kappa shape index (κ3) is 4.17. The van der Waals surface area contributed by atoms with Crippen molar-refractivity contribution in [2.24, 2.45) is 5.41 Å². The molecule has 0 saturated carbocycles. The van der Waals surface area contributed by atoms with Gasteiger partial charge in [-0.3, -0.25) is 0 Å². The normalized spacial score (nSPS) is 37.6. The molecule has 3 rings (SSSR count). The third-order valence-corrected chi connectivity index (χ3v) is 2.76. The van der Waals surface area contributed by atoms with Crippen molar-refractivity contribution in [3.05, 3.63) is 0 Å². The molecule has 0 bridgehead atoms. The summed E-state index contributed by atoms with van der Waals surface area (Å²) in [6.07, 6.45) is -0.115. The van der Waals surface area contributed by atoms with Crippen LogP contribution in [0.4, 0.5) is 0 Å². The number of hydrogen-bond donors (Lipinski definition) is 0. The Kier molecular flexibility index (Phi) is 3.34. The van der Waals surface area contributed by atoms with Gasteiger partial charge in [-0.15, -0.1) is 0 Å². The van der Waals surface area contributed by atoms with Gasteiger partial charge in [0.05, 0.1) is 19.8 Å². The Morgan fingerprint density at radius 1 is 0.824 bits per heavy atom. The molecule has 3 heterocycles. The zero-order valence-corrected chi connectivity index (χ0v) is 9.92. The largest absolute Gasteiger partial charge is 0.350 e. The smallest absolute Gasteiger partial charge is 0.181 e. The van der Waals surface area contributed by atoms with Crippen LogP contribution < -0.4 is 0 Å². The van der Waals surface area contributed by atoms with Gasteiger partial charge in [-0.25, -0.2) is 0 Å². The summed E-state index contributed by atoms with van der Waals surface area (Å²) in [6, 6.07) is 0. The lowest BCUT2D eigenvalue weighted by Crippen LogP contribution is -2.35. The van der Waals surface area contributed by atoms with Crippen LogP contribution in [0.1, 0.15) is 6.92 Å². The molecule has 17 heavy (non-hydrogen) atoms. The first-order valence-electron chi connectivity index (χ1n) is 5.93. The summed E-state index contributed by atoms with van der Waals surface area (Å²) in [5.41, 5.74) is -0.191. The second-order valence-corrected chi connectivity index (χ2v) is 5.03. The van der Waals surface area contributed by atoms with Gasteiger partial charge in [-0.05, 0) is 0 Å². The van der Waals surface area contributed by atoms with E-state index in [1.165, 1.54) is 0 Å². The fraction of sp³-hybridized carbons (Fsp3) is 1.00. The van der Waals surface area contributed by atoms with Gasteiger partial charge in [0.25, 0.3) is 0 Å². The number of epoxide rings is 3. The second-order valence-electron chi connectivity index (χ2n) is 5.03. The average molecular weight is 246 g/mol. The topological polar surface area (TPSA) is 65.3 Å². The molecule has 0 aromatic rings. The predicted octanol–water partition coefficient (Wildman–Crippen LogP) is 0.111. The minimum atomic E-state index is -0.191. The molecule has 0 aromatic carbocycles. The summed E-state index contributed by atoms with van der Waals surface area (Å²) < 4.78 is 31.8. The van der Waals surface area contributed by atoms with Crippen molar-refractivity contribution in [2.75, 3.05) is 39.6 Å². The van der Waals surface area contributed by atoms with Crippen LogP contribution in [0.3, 0.4) is 0 Å². The lowest BCUT2D eigenvalue weighted by molar-refractivity contribution is -0.102. The van der Waals surface area contributed by atoms with E-state index in [2.05, 4.69) is 6.92 Å². The Balaban J connectivity index is 1.43. The Labute approximate surface area is 100 Å². The zero-order chi connectivity index (χ0) is 11.7. The van der Waals surface area contributed by atoms with Crippen LogP contribution in [0.15, 0.2) is 0 Å². The van der Waals surface area contributed by atoms with Crippen LogP contribution in [0.2, 0.25) is 0 Å². The molecule has 6 nitrogen and oxygen atoms in total. The van der Waals surface area contributed by atoms with Crippen LogP contribution >= 0.6 is 0 Å². The van der Waals surface area contributed by atoms with Gasteiger partial charge in [0.2, 0.25) is 0 Å². The molecule has 3 unspecified atom stereocenters. The number of ether oxygens (including phenoxy) is 6. The fourth-order valence-corrected chi connectivity index (χ4v) is 1.41. The Hall–Kier alpha value is -0.240. The summed E-state index contributed by atoms with van der Waals surface area (Å²) in [4.78, 5) is 0. The molecular weight excluding hydrogens is 228 g/mol. The first kappa shape index (κ1) is 11.8. The monoisotopic (exact) mass is 246 g/mol. The number of rotatable bonds is 9. The van der Waals surface area contributed by atoms with Gasteiger partial charge >= 0.3 is 0 Å². The lowest BCUT2D eigenvalue weighted by atomic mass is 9.94. The van der Waals surface area contributed by atoms with Gasteiger partial charge < -0.3 is 28.4 Å². The van der Waals surface area contributed by atoms with E-state index in [-0.39, 0.29) is 24.3 Å². The highest BCUT2D eigenvalue weighted by atomic mass is 16.8. The SMILES string of the molecule is CC(COC1CO1)(COC1CO1)COC1CO1. The molecule has 0 aromatic heterocycles. The van der Waals surface area contributed by atoms with E-state index in [0.717, 1.165) is 0 Å². The molecular formula is C11H18O6. The fourth-order valence-electron chi connectivity index (χ4n) is 1.41. The minimum Gasteiger partial charge on any atom is -0.350 e. The molecule has 0 aliphatic carbocycles. The van der Waals surface area contributed by atoms with Gasteiger partial charge in [-0.2, -0.15) is 0 Å².